The van der Waals surface area contributed by atoms with Crippen molar-refractivity contribution in [1.82, 2.24) is 19.8 Å². The zero-order chi connectivity index (χ0) is 20.5. The van der Waals surface area contributed by atoms with Gasteiger partial charge in [-0.3, -0.25) is 9.69 Å². The first-order chi connectivity index (χ1) is 13.1. The number of hydrogen-bond acceptors (Lipinski definition) is 5. The maximum atomic E-state index is 12.8. The fraction of sp³-hybridized carbons (Fsp3) is 0.619. The Balaban J connectivity index is 1.90. The number of piperidine rings is 1. The first-order valence-corrected chi connectivity index (χ1v) is 10.7. The number of aryl methyl sites for hydroxylation is 1. The number of carbonyl (C=O) groups is 1. The van der Waals surface area contributed by atoms with Crippen LogP contribution in [0.15, 0.2) is 29.9 Å². The van der Waals surface area contributed by atoms with Crippen LogP contribution in [0, 0.1) is 5.41 Å². The number of hydrogen-bond donors (Lipinski definition) is 2. The van der Waals surface area contributed by atoms with E-state index in [1.54, 1.807) is 17.5 Å². The van der Waals surface area contributed by atoms with Gasteiger partial charge in [0.05, 0.1) is 24.2 Å². The second-order valence-corrected chi connectivity index (χ2v) is 10.3. The van der Waals surface area contributed by atoms with Crippen molar-refractivity contribution in [1.29, 1.82) is 0 Å². The number of imidazole rings is 1. The van der Waals surface area contributed by atoms with Crippen LogP contribution in [0.4, 0.5) is 0 Å². The predicted octanol–water partition coefficient (Wildman–Crippen LogP) is 3.10. The Kier molecular flexibility index (Phi) is 5.98. The molecule has 2 N–H and O–H groups in total. The van der Waals surface area contributed by atoms with E-state index in [0.717, 1.165) is 17.2 Å². The number of thiophene rings is 1. The maximum absolute atomic E-state index is 12.8. The minimum atomic E-state index is -0.972. The van der Waals surface area contributed by atoms with Gasteiger partial charge in [-0.05, 0) is 30.2 Å². The molecular formula is C21H32N4O2S. The summed E-state index contributed by atoms with van der Waals surface area (Å²) in [6, 6.07) is 3.64. The lowest BCUT2D eigenvalue weighted by Crippen LogP contribution is -2.62. The van der Waals surface area contributed by atoms with E-state index in [0.29, 0.717) is 19.4 Å². The van der Waals surface area contributed by atoms with Crippen molar-refractivity contribution in [2.24, 2.45) is 12.5 Å². The molecular weight excluding hydrogens is 372 g/mol. The summed E-state index contributed by atoms with van der Waals surface area (Å²) in [6.45, 7) is 9.41. The quantitative estimate of drug-likeness (QED) is 0.803. The van der Waals surface area contributed by atoms with Crippen molar-refractivity contribution in [3.05, 3.63) is 40.6 Å². The molecule has 3 rings (SSSR count). The number of likely N-dealkylation sites (tertiary alicyclic amines) is 1. The number of aromatic nitrogens is 2. The Morgan fingerprint density at radius 1 is 1.46 bits per heavy atom. The second kappa shape index (κ2) is 7.97. The lowest BCUT2D eigenvalue weighted by atomic mass is 9.81. The molecule has 2 aromatic rings. The first-order valence-electron chi connectivity index (χ1n) is 9.82. The number of nitrogens with one attached hydrogen (secondary N) is 1. The molecule has 1 aliphatic rings. The Morgan fingerprint density at radius 3 is 2.79 bits per heavy atom. The van der Waals surface area contributed by atoms with Crippen molar-refractivity contribution in [3.63, 3.8) is 0 Å². The van der Waals surface area contributed by atoms with Crippen LogP contribution in [0.3, 0.4) is 0 Å². The SMILES string of the molecule is Cn1ccnc1CN1CC[C@@](C)(O)[C@@H](NC(=O)CC(C)(C)C)[C@@H]1c1cccs1. The number of aliphatic hydroxyl groups is 1. The molecule has 0 bridgehead atoms. The molecule has 6 nitrogen and oxygen atoms in total. The molecule has 0 unspecified atom stereocenters. The number of amides is 1. The van der Waals surface area contributed by atoms with E-state index in [9.17, 15) is 9.90 Å². The molecule has 0 spiro atoms. The van der Waals surface area contributed by atoms with E-state index in [4.69, 9.17) is 0 Å². The molecule has 28 heavy (non-hydrogen) atoms. The monoisotopic (exact) mass is 404 g/mol. The van der Waals surface area contributed by atoms with Crippen LogP contribution >= 0.6 is 11.3 Å². The van der Waals surface area contributed by atoms with Crippen LogP contribution in [-0.2, 0) is 18.4 Å². The van der Waals surface area contributed by atoms with Gasteiger partial charge >= 0.3 is 0 Å². The van der Waals surface area contributed by atoms with Gasteiger partial charge in [-0.1, -0.05) is 26.8 Å². The number of carbonyl (C=O) groups excluding carboxylic acids is 1. The molecule has 2 aromatic heterocycles. The molecule has 1 aliphatic heterocycles. The maximum Gasteiger partial charge on any atom is 0.220 e. The summed E-state index contributed by atoms with van der Waals surface area (Å²) >= 11 is 1.66. The standard InChI is InChI=1S/C21H32N4O2S/c1-20(2,3)13-17(26)23-19-18(15-7-6-12-28-15)25(10-8-21(19,4)27)14-16-22-9-11-24(16)5/h6-7,9,11-12,18-19,27H,8,10,13-14H2,1-5H3,(H,23,26)/t18-,19-,21+/m0/s1. The minimum Gasteiger partial charge on any atom is -0.388 e. The fourth-order valence-corrected chi connectivity index (χ4v) is 4.76. The summed E-state index contributed by atoms with van der Waals surface area (Å²) in [5, 5.41) is 16.4. The topological polar surface area (TPSA) is 70.4 Å². The average molecular weight is 405 g/mol. The van der Waals surface area contributed by atoms with Gasteiger partial charge in [0.15, 0.2) is 0 Å². The highest BCUT2D eigenvalue weighted by Gasteiger charge is 2.46. The molecule has 0 aliphatic carbocycles. The highest BCUT2D eigenvalue weighted by atomic mass is 32.1. The average Bonchev–Trinajstić information content (AvgIpc) is 3.21. The molecule has 0 aromatic carbocycles. The molecule has 3 heterocycles. The Hall–Kier alpha value is -1.70. The van der Waals surface area contributed by atoms with Gasteiger partial charge in [0.2, 0.25) is 5.91 Å². The summed E-state index contributed by atoms with van der Waals surface area (Å²) in [5.74, 6) is 0.959. The largest absolute Gasteiger partial charge is 0.388 e. The van der Waals surface area contributed by atoms with Crippen LogP contribution in [0.5, 0.6) is 0 Å². The molecule has 0 saturated carbocycles. The van der Waals surface area contributed by atoms with Crippen molar-refractivity contribution in [3.8, 4) is 0 Å². The van der Waals surface area contributed by atoms with E-state index < -0.39 is 5.60 Å². The molecule has 1 amide bonds. The van der Waals surface area contributed by atoms with Gasteiger partial charge < -0.3 is 15.0 Å². The minimum absolute atomic E-state index is 0.0156. The molecule has 154 valence electrons. The Labute approximate surface area is 171 Å². The highest BCUT2D eigenvalue weighted by molar-refractivity contribution is 7.10. The number of rotatable bonds is 5. The normalized spacial score (nSPS) is 26.4. The van der Waals surface area contributed by atoms with Crippen molar-refractivity contribution in [2.45, 2.75) is 64.8 Å². The van der Waals surface area contributed by atoms with Gasteiger partial charge in [-0.15, -0.1) is 11.3 Å². The highest BCUT2D eigenvalue weighted by Crippen LogP contribution is 2.39. The summed E-state index contributed by atoms with van der Waals surface area (Å²) < 4.78 is 2.02. The van der Waals surface area contributed by atoms with Crippen LogP contribution in [0.2, 0.25) is 0 Å². The third-order valence-electron chi connectivity index (χ3n) is 5.39. The molecule has 7 heteroatoms. The van der Waals surface area contributed by atoms with Crippen molar-refractivity contribution < 1.29 is 9.90 Å². The van der Waals surface area contributed by atoms with Crippen molar-refractivity contribution in [2.75, 3.05) is 6.54 Å². The van der Waals surface area contributed by atoms with Gasteiger partial charge in [-0.2, -0.15) is 0 Å². The molecule has 0 radical (unpaired) electrons. The zero-order valence-corrected chi connectivity index (χ0v) is 18.3. The zero-order valence-electron chi connectivity index (χ0n) is 17.5. The first kappa shape index (κ1) is 21.0. The van der Waals surface area contributed by atoms with Crippen LogP contribution in [0.25, 0.3) is 0 Å². The predicted molar refractivity (Wildman–Crippen MR) is 112 cm³/mol. The summed E-state index contributed by atoms with van der Waals surface area (Å²) in [4.78, 5) is 20.7. The third kappa shape index (κ3) is 4.82. The van der Waals surface area contributed by atoms with Gasteiger partial charge in [-0.25, -0.2) is 4.98 Å². The molecule has 1 fully saturated rings. The molecule has 3 atom stereocenters. The number of nitrogens with zero attached hydrogens (tertiary/aromatic N) is 3. The van der Waals surface area contributed by atoms with E-state index in [1.807, 2.05) is 36.2 Å². The Morgan fingerprint density at radius 2 is 2.21 bits per heavy atom. The summed E-state index contributed by atoms with van der Waals surface area (Å²) in [6.07, 6.45) is 4.77. The summed E-state index contributed by atoms with van der Waals surface area (Å²) in [5.41, 5.74) is -1.07. The summed E-state index contributed by atoms with van der Waals surface area (Å²) in [7, 11) is 1.99. The Bertz CT molecular complexity index is 792. The van der Waals surface area contributed by atoms with Crippen molar-refractivity contribution >= 4 is 17.2 Å². The van der Waals surface area contributed by atoms with Crippen LogP contribution < -0.4 is 5.32 Å². The van der Waals surface area contributed by atoms with E-state index in [1.165, 1.54) is 0 Å². The van der Waals surface area contributed by atoms with E-state index >= 15 is 0 Å². The lowest BCUT2D eigenvalue weighted by molar-refractivity contribution is -0.130. The lowest BCUT2D eigenvalue weighted by Gasteiger charge is -2.48. The van der Waals surface area contributed by atoms with E-state index in [2.05, 4.69) is 42.0 Å². The van der Waals surface area contributed by atoms with E-state index in [-0.39, 0.29) is 23.4 Å². The smallest absolute Gasteiger partial charge is 0.220 e. The van der Waals surface area contributed by atoms with Crippen LogP contribution in [-0.4, -0.2) is 43.7 Å². The fourth-order valence-electron chi connectivity index (χ4n) is 3.87. The third-order valence-corrected chi connectivity index (χ3v) is 6.33. The second-order valence-electron chi connectivity index (χ2n) is 9.27. The molecule has 1 saturated heterocycles. The van der Waals surface area contributed by atoms with Gasteiger partial charge in [0.25, 0.3) is 0 Å². The van der Waals surface area contributed by atoms with Gasteiger partial charge in [0.1, 0.15) is 5.82 Å². The van der Waals surface area contributed by atoms with Gasteiger partial charge in [0, 0.05) is 37.3 Å². The van der Waals surface area contributed by atoms with Crippen LogP contribution in [0.1, 0.15) is 57.3 Å².